The van der Waals surface area contributed by atoms with Gasteiger partial charge in [-0.25, -0.2) is 0 Å². The summed E-state index contributed by atoms with van der Waals surface area (Å²) in [5, 5.41) is 2.81. The number of benzene rings is 1. The lowest BCUT2D eigenvalue weighted by Gasteiger charge is -2.15. The van der Waals surface area contributed by atoms with Gasteiger partial charge in [0.25, 0.3) is 0 Å². The number of nitrogens with one attached hydrogen (secondary N) is 1. The fourth-order valence-corrected chi connectivity index (χ4v) is 3.83. The molecule has 5 nitrogen and oxygen atoms in total. The van der Waals surface area contributed by atoms with Gasteiger partial charge in [-0.1, -0.05) is 18.2 Å². The lowest BCUT2D eigenvalue weighted by atomic mass is 9.85. The molecule has 1 aromatic carbocycles. The number of amides is 3. The molecule has 0 bridgehead atoms. The Morgan fingerprint density at radius 2 is 1.83 bits per heavy atom. The molecule has 1 fully saturated rings. The summed E-state index contributed by atoms with van der Waals surface area (Å²) in [6, 6.07) is 5.65. The predicted octanol–water partition coefficient (Wildman–Crippen LogP) is 3.04. The Hall–Kier alpha value is -1.95. The topological polar surface area (TPSA) is 66.5 Å². The molecule has 2 atom stereocenters. The molecule has 0 aromatic heterocycles. The van der Waals surface area contributed by atoms with Crippen molar-refractivity contribution in [2.45, 2.75) is 26.2 Å². The Balaban J connectivity index is 1.58. The summed E-state index contributed by atoms with van der Waals surface area (Å²) in [6.45, 7) is 2.11. The number of halogens is 1. The molecule has 1 N–H and O–H groups in total. The average molecular weight is 391 g/mol. The maximum Gasteiger partial charge on any atom is 0.233 e. The lowest BCUT2D eigenvalue weighted by molar-refractivity contribution is -0.140. The summed E-state index contributed by atoms with van der Waals surface area (Å²) in [5.74, 6) is -0.973. The summed E-state index contributed by atoms with van der Waals surface area (Å²) in [5.41, 5.74) is 1.77. The summed E-state index contributed by atoms with van der Waals surface area (Å²) < 4.78 is 0.807. The van der Waals surface area contributed by atoms with Crippen LogP contribution in [0.15, 0.2) is 34.8 Å². The minimum absolute atomic E-state index is 0.102. The van der Waals surface area contributed by atoms with Crippen LogP contribution in [-0.2, 0) is 14.4 Å². The number of aryl methyl sites for hydroxylation is 1. The van der Waals surface area contributed by atoms with Gasteiger partial charge in [0.05, 0.1) is 17.5 Å². The van der Waals surface area contributed by atoms with Crippen LogP contribution in [-0.4, -0.2) is 29.2 Å². The second kappa shape index (κ2) is 6.89. The van der Waals surface area contributed by atoms with E-state index in [2.05, 4.69) is 21.2 Å². The number of allylic oxidation sites excluding steroid dienone is 2. The van der Waals surface area contributed by atoms with Gasteiger partial charge in [0.1, 0.15) is 0 Å². The Bertz CT molecular complexity index is 703. The van der Waals surface area contributed by atoms with E-state index in [1.165, 1.54) is 4.90 Å². The van der Waals surface area contributed by atoms with Crippen LogP contribution in [0.4, 0.5) is 5.69 Å². The minimum atomic E-state index is -0.239. The largest absolute Gasteiger partial charge is 0.325 e. The zero-order valence-corrected chi connectivity index (χ0v) is 15.0. The van der Waals surface area contributed by atoms with Crippen molar-refractivity contribution in [3.8, 4) is 0 Å². The third kappa shape index (κ3) is 3.29. The van der Waals surface area contributed by atoms with Crippen LogP contribution in [0.1, 0.15) is 24.8 Å². The number of likely N-dealkylation sites (tertiary alicyclic amines) is 1. The van der Waals surface area contributed by atoms with Crippen molar-refractivity contribution < 1.29 is 14.4 Å². The second-order valence-electron chi connectivity index (χ2n) is 6.27. The highest BCUT2D eigenvalue weighted by Crippen LogP contribution is 2.35. The van der Waals surface area contributed by atoms with E-state index in [1.807, 2.05) is 37.3 Å². The zero-order valence-electron chi connectivity index (χ0n) is 13.4. The highest BCUT2D eigenvalue weighted by atomic mass is 79.9. The van der Waals surface area contributed by atoms with Crippen LogP contribution in [0.3, 0.4) is 0 Å². The molecule has 0 radical (unpaired) electrons. The first-order valence-electron chi connectivity index (χ1n) is 8.03. The number of fused-ring (bicyclic) bond motifs is 1. The van der Waals surface area contributed by atoms with E-state index >= 15 is 0 Å². The molecule has 1 aliphatic heterocycles. The second-order valence-corrected chi connectivity index (χ2v) is 7.12. The average Bonchev–Trinajstić information content (AvgIpc) is 2.80. The molecular weight excluding hydrogens is 372 g/mol. The number of nitrogens with zero attached hydrogens (tertiary/aromatic N) is 1. The normalized spacial score (nSPS) is 22.7. The quantitative estimate of drug-likeness (QED) is 0.634. The van der Waals surface area contributed by atoms with Crippen LogP contribution >= 0.6 is 15.9 Å². The maximum absolute atomic E-state index is 12.3. The minimum Gasteiger partial charge on any atom is -0.325 e. The van der Waals surface area contributed by atoms with Gasteiger partial charge in [0.15, 0.2) is 0 Å². The third-order valence-electron chi connectivity index (χ3n) is 4.56. The first kappa shape index (κ1) is 16.9. The van der Waals surface area contributed by atoms with Gasteiger partial charge < -0.3 is 5.32 Å². The molecule has 1 saturated heterocycles. The molecule has 1 aromatic rings. The Kier molecular flexibility index (Phi) is 4.85. The molecule has 3 rings (SSSR count). The highest BCUT2D eigenvalue weighted by Gasteiger charge is 2.46. The molecule has 0 saturated carbocycles. The molecule has 0 spiro atoms. The number of anilines is 1. The Morgan fingerprint density at radius 1 is 1.21 bits per heavy atom. The van der Waals surface area contributed by atoms with Crippen molar-refractivity contribution in [1.82, 2.24) is 4.90 Å². The number of rotatable bonds is 4. The van der Waals surface area contributed by atoms with Gasteiger partial charge in [0.2, 0.25) is 17.7 Å². The fraction of sp³-hybridized carbons (Fsp3) is 0.389. The number of hydrogen-bond acceptors (Lipinski definition) is 3. The van der Waals surface area contributed by atoms with Gasteiger partial charge in [-0.15, -0.1) is 0 Å². The van der Waals surface area contributed by atoms with E-state index in [0.717, 1.165) is 10.0 Å². The molecule has 1 heterocycles. The van der Waals surface area contributed by atoms with Crippen molar-refractivity contribution in [1.29, 1.82) is 0 Å². The van der Waals surface area contributed by atoms with Crippen molar-refractivity contribution in [3.63, 3.8) is 0 Å². The lowest BCUT2D eigenvalue weighted by Crippen LogP contribution is -2.34. The van der Waals surface area contributed by atoms with E-state index in [-0.39, 0.29) is 42.5 Å². The van der Waals surface area contributed by atoms with E-state index in [0.29, 0.717) is 18.5 Å². The van der Waals surface area contributed by atoms with Gasteiger partial charge in [0, 0.05) is 17.4 Å². The predicted molar refractivity (Wildman–Crippen MR) is 94.2 cm³/mol. The van der Waals surface area contributed by atoms with Crippen LogP contribution in [0.25, 0.3) is 0 Å². The van der Waals surface area contributed by atoms with Crippen molar-refractivity contribution >= 4 is 39.3 Å². The van der Waals surface area contributed by atoms with Gasteiger partial charge >= 0.3 is 0 Å². The first-order chi connectivity index (χ1) is 11.5. The zero-order chi connectivity index (χ0) is 17.3. The Labute approximate surface area is 149 Å². The molecule has 2 aliphatic rings. The molecule has 1 aliphatic carbocycles. The van der Waals surface area contributed by atoms with Crippen LogP contribution < -0.4 is 5.32 Å². The summed E-state index contributed by atoms with van der Waals surface area (Å²) in [6.07, 6.45) is 5.25. The molecule has 2 unspecified atom stereocenters. The number of carbonyl (C=O) groups excluding carboxylic acids is 3. The van der Waals surface area contributed by atoms with Gasteiger partial charge in [-0.3, -0.25) is 19.3 Å². The summed E-state index contributed by atoms with van der Waals surface area (Å²) in [4.78, 5) is 38.1. The number of carbonyl (C=O) groups is 3. The smallest absolute Gasteiger partial charge is 0.233 e. The van der Waals surface area contributed by atoms with Crippen molar-refractivity contribution in [2.24, 2.45) is 11.8 Å². The molecular formula is C18H19BrN2O3. The first-order valence-corrected chi connectivity index (χ1v) is 8.83. The van der Waals surface area contributed by atoms with Crippen molar-refractivity contribution in [3.05, 3.63) is 40.4 Å². The maximum atomic E-state index is 12.3. The standard InChI is InChI=1S/C18H19BrN2O3/c1-11-6-7-15(14(19)10-11)20-16(22)8-9-21-17(23)12-4-2-3-5-13(12)18(21)24/h2-3,6-7,10,12-13H,4-5,8-9H2,1H3,(H,20,22). The molecule has 126 valence electrons. The molecule has 3 amide bonds. The Morgan fingerprint density at radius 3 is 2.42 bits per heavy atom. The van der Waals surface area contributed by atoms with Gasteiger partial charge in [-0.05, 0) is 53.4 Å². The fourth-order valence-electron chi connectivity index (χ4n) is 3.24. The van der Waals surface area contributed by atoms with Crippen molar-refractivity contribution in [2.75, 3.05) is 11.9 Å². The van der Waals surface area contributed by atoms with E-state index in [9.17, 15) is 14.4 Å². The van der Waals surface area contributed by atoms with E-state index in [1.54, 1.807) is 0 Å². The SMILES string of the molecule is Cc1ccc(NC(=O)CCN2C(=O)C3CC=CCC3C2=O)c(Br)c1. The number of imide groups is 1. The van der Waals surface area contributed by atoms with E-state index in [4.69, 9.17) is 0 Å². The van der Waals surface area contributed by atoms with Crippen LogP contribution in [0.2, 0.25) is 0 Å². The van der Waals surface area contributed by atoms with Crippen LogP contribution in [0, 0.1) is 18.8 Å². The third-order valence-corrected chi connectivity index (χ3v) is 5.22. The molecule has 6 heteroatoms. The van der Waals surface area contributed by atoms with Gasteiger partial charge in [-0.2, -0.15) is 0 Å². The number of hydrogen-bond donors (Lipinski definition) is 1. The monoisotopic (exact) mass is 390 g/mol. The van der Waals surface area contributed by atoms with Crippen LogP contribution in [0.5, 0.6) is 0 Å². The van der Waals surface area contributed by atoms with E-state index < -0.39 is 0 Å². The highest BCUT2D eigenvalue weighted by molar-refractivity contribution is 9.10. The summed E-state index contributed by atoms with van der Waals surface area (Å²) in [7, 11) is 0. The summed E-state index contributed by atoms with van der Waals surface area (Å²) >= 11 is 3.41. The molecule has 24 heavy (non-hydrogen) atoms.